The number of carbonyl (C=O) groups is 1. The van der Waals surface area contributed by atoms with Crippen LogP contribution in [0.3, 0.4) is 0 Å². The Hall–Kier alpha value is -1.31. The molecule has 0 aliphatic carbocycles. The first kappa shape index (κ1) is 8.78. The van der Waals surface area contributed by atoms with Gasteiger partial charge in [0.1, 0.15) is 0 Å². The van der Waals surface area contributed by atoms with E-state index in [1.54, 1.807) is 0 Å². The van der Waals surface area contributed by atoms with Crippen LogP contribution in [-0.2, 0) is 9.53 Å². The van der Waals surface area contributed by atoms with Crippen LogP contribution in [-0.4, -0.2) is 12.6 Å². The highest BCUT2D eigenvalue weighted by atomic mass is 16.5. The Labute approximate surface area is 72.2 Å². The van der Waals surface area contributed by atoms with Gasteiger partial charge in [-0.15, -0.1) is 0 Å². The molecule has 0 spiro atoms. The molecular formula is C10H12O2. The van der Waals surface area contributed by atoms with Gasteiger partial charge in [-0.2, -0.15) is 0 Å². The van der Waals surface area contributed by atoms with Gasteiger partial charge >= 0.3 is 5.97 Å². The first-order valence-corrected chi connectivity index (χ1v) is 4.05. The van der Waals surface area contributed by atoms with Gasteiger partial charge in [0, 0.05) is 6.42 Å². The maximum absolute atomic E-state index is 10.0. The van der Waals surface area contributed by atoms with Gasteiger partial charge in [0.2, 0.25) is 0 Å². The summed E-state index contributed by atoms with van der Waals surface area (Å²) in [5.74, 6) is -0.0463. The summed E-state index contributed by atoms with van der Waals surface area (Å²) in [7, 11) is 0. The molecule has 0 amide bonds. The maximum Gasteiger partial charge on any atom is 0.305 e. The van der Waals surface area contributed by atoms with E-state index in [0.29, 0.717) is 13.0 Å². The van der Waals surface area contributed by atoms with Crippen molar-refractivity contribution >= 4 is 5.97 Å². The quantitative estimate of drug-likeness (QED) is 0.548. The van der Waals surface area contributed by atoms with Crippen molar-refractivity contribution in [3.05, 3.63) is 36.4 Å². The monoisotopic (exact) mass is 164 g/mol. The fourth-order valence-corrected chi connectivity index (χ4v) is 0.860. The van der Waals surface area contributed by atoms with Gasteiger partial charge in [-0.25, -0.2) is 0 Å². The topological polar surface area (TPSA) is 26.3 Å². The molecule has 0 unspecified atom stereocenters. The van der Waals surface area contributed by atoms with E-state index in [1.807, 2.05) is 36.4 Å². The highest BCUT2D eigenvalue weighted by Gasteiger charge is 2.08. The molecule has 1 aliphatic heterocycles. The Morgan fingerprint density at radius 3 is 1.67 bits per heavy atom. The molecule has 1 aliphatic rings. The minimum absolute atomic E-state index is 0.0463. The van der Waals surface area contributed by atoms with Crippen LogP contribution in [0.25, 0.3) is 0 Å². The molecule has 1 aromatic carbocycles. The minimum atomic E-state index is -0.0463. The molecule has 0 bridgehead atoms. The predicted octanol–water partition coefficient (Wildman–Crippen LogP) is 2.01. The summed E-state index contributed by atoms with van der Waals surface area (Å²) in [6.45, 7) is 0.638. The molecular weight excluding hydrogens is 152 g/mol. The normalized spacial score (nSPS) is 14.5. The zero-order chi connectivity index (χ0) is 8.65. The molecule has 1 heterocycles. The lowest BCUT2D eigenvalue weighted by atomic mass is 10.4. The van der Waals surface area contributed by atoms with Crippen LogP contribution in [0.5, 0.6) is 0 Å². The summed E-state index contributed by atoms with van der Waals surface area (Å²) < 4.78 is 4.51. The van der Waals surface area contributed by atoms with E-state index in [2.05, 4.69) is 4.74 Å². The van der Waals surface area contributed by atoms with Crippen LogP contribution >= 0.6 is 0 Å². The Balaban J connectivity index is 0.000000120. The summed E-state index contributed by atoms with van der Waals surface area (Å²) in [6.07, 6.45) is 1.54. The van der Waals surface area contributed by atoms with Crippen LogP contribution in [0.4, 0.5) is 0 Å². The van der Waals surface area contributed by atoms with Crippen LogP contribution in [0.15, 0.2) is 36.4 Å². The van der Waals surface area contributed by atoms with Crippen LogP contribution in [0, 0.1) is 0 Å². The van der Waals surface area contributed by atoms with Crippen molar-refractivity contribution in [3.8, 4) is 0 Å². The van der Waals surface area contributed by atoms with E-state index in [4.69, 9.17) is 0 Å². The molecule has 0 radical (unpaired) electrons. The van der Waals surface area contributed by atoms with E-state index in [1.165, 1.54) is 0 Å². The largest absolute Gasteiger partial charge is 0.466 e. The van der Waals surface area contributed by atoms with Crippen molar-refractivity contribution in [2.24, 2.45) is 0 Å². The number of ether oxygens (including phenoxy) is 1. The lowest BCUT2D eigenvalue weighted by Crippen LogP contribution is -1.88. The van der Waals surface area contributed by atoms with Crippen molar-refractivity contribution < 1.29 is 9.53 Å². The van der Waals surface area contributed by atoms with Crippen LogP contribution < -0.4 is 0 Å². The number of hydrogen-bond acceptors (Lipinski definition) is 2. The second-order valence-corrected chi connectivity index (χ2v) is 2.48. The van der Waals surface area contributed by atoms with Gasteiger partial charge < -0.3 is 4.74 Å². The summed E-state index contributed by atoms with van der Waals surface area (Å²) in [4.78, 5) is 10.0. The fraction of sp³-hybridized carbons (Fsp3) is 0.300. The Morgan fingerprint density at radius 1 is 1.00 bits per heavy atom. The number of esters is 1. The summed E-state index contributed by atoms with van der Waals surface area (Å²) in [5.41, 5.74) is 0. The Kier molecular flexibility index (Phi) is 3.92. The number of benzene rings is 1. The maximum atomic E-state index is 10.0. The highest BCUT2D eigenvalue weighted by molar-refractivity contribution is 5.70. The molecule has 0 aromatic heterocycles. The molecule has 2 heteroatoms. The third-order valence-electron chi connectivity index (χ3n) is 1.45. The zero-order valence-corrected chi connectivity index (χ0v) is 6.90. The number of carbonyl (C=O) groups excluding carboxylic acids is 1. The van der Waals surface area contributed by atoms with Gasteiger partial charge in [0.15, 0.2) is 0 Å². The lowest BCUT2D eigenvalue weighted by Gasteiger charge is -1.81. The van der Waals surface area contributed by atoms with E-state index >= 15 is 0 Å². The van der Waals surface area contributed by atoms with Crippen molar-refractivity contribution in [2.45, 2.75) is 12.8 Å². The fourth-order valence-electron chi connectivity index (χ4n) is 0.860. The SMILES string of the molecule is O=C1CCCO1.c1ccccc1. The van der Waals surface area contributed by atoms with Gasteiger partial charge in [-0.1, -0.05) is 36.4 Å². The Morgan fingerprint density at radius 2 is 1.50 bits per heavy atom. The summed E-state index contributed by atoms with van der Waals surface area (Å²) in [5, 5.41) is 0. The van der Waals surface area contributed by atoms with Gasteiger partial charge in [0.05, 0.1) is 6.61 Å². The van der Waals surface area contributed by atoms with Gasteiger partial charge in [-0.05, 0) is 6.42 Å². The number of rotatable bonds is 0. The van der Waals surface area contributed by atoms with Gasteiger partial charge in [-0.3, -0.25) is 4.79 Å². The first-order valence-electron chi connectivity index (χ1n) is 4.05. The van der Waals surface area contributed by atoms with Crippen LogP contribution in [0.1, 0.15) is 12.8 Å². The molecule has 1 aromatic rings. The third-order valence-corrected chi connectivity index (χ3v) is 1.45. The predicted molar refractivity (Wildman–Crippen MR) is 46.6 cm³/mol. The van der Waals surface area contributed by atoms with Crippen molar-refractivity contribution in [3.63, 3.8) is 0 Å². The smallest absolute Gasteiger partial charge is 0.305 e. The van der Waals surface area contributed by atoms with Crippen molar-refractivity contribution in [1.29, 1.82) is 0 Å². The third kappa shape index (κ3) is 3.76. The second kappa shape index (κ2) is 5.35. The molecule has 1 fully saturated rings. The first-order chi connectivity index (χ1) is 5.89. The second-order valence-electron chi connectivity index (χ2n) is 2.48. The molecule has 2 rings (SSSR count). The summed E-state index contributed by atoms with van der Waals surface area (Å²) in [6, 6.07) is 12.0. The summed E-state index contributed by atoms with van der Waals surface area (Å²) >= 11 is 0. The lowest BCUT2D eigenvalue weighted by molar-refractivity contribution is -0.137. The molecule has 0 atom stereocenters. The van der Waals surface area contributed by atoms with E-state index in [-0.39, 0.29) is 5.97 Å². The van der Waals surface area contributed by atoms with E-state index < -0.39 is 0 Å². The van der Waals surface area contributed by atoms with Crippen LogP contribution in [0.2, 0.25) is 0 Å². The highest BCUT2D eigenvalue weighted by Crippen LogP contribution is 2.01. The van der Waals surface area contributed by atoms with Crippen molar-refractivity contribution in [1.82, 2.24) is 0 Å². The van der Waals surface area contributed by atoms with Gasteiger partial charge in [0.25, 0.3) is 0 Å². The van der Waals surface area contributed by atoms with Crippen molar-refractivity contribution in [2.75, 3.05) is 6.61 Å². The molecule has 0 N–H and O–H groups in total. The minimum Gasteiger partial charge on any atom is -0.466 e. The average molecular weight is 164 g/mol. The number of cyclic esters (lactones) is 1. The molecule has 2 nitrogen and oxygen atoms in total. The molecule has 0 saturated carbocycles. The molecule has 1 saturated heterocycles. The average Bonchev–Trinajstić information content (AvgIpc) is 2.60. The zero-order valence-electron chi connectivity index (χ0n) is 6.90. The van der Waals surface area contributed by atoms with E-state index in [9.17, 15) is 4.79 Å². The Bertz CT molecular complexity index is 184. The molecule has 64 valence electrons. The van der Waals surface area contributed by atoms with E-state index in [0.717, 1.165) is 6.42 Å². The molecule has 12 heavy (non-hydrogen) atoms. The standard InChI is InChI=1S/C6H6.C4H6O2/c1-2-4-6-5-3-1;5-4-2-1-3-6-4/h1-6H;1-3H2. The number of hydrogen-bond donors (Lipinski definition) is 0.